The van der Waals surface area contributed by atoms with Gasteiger partial charge in [-0.3, -0.25) is 4.79 Å². The van der Waals surface area contributed by atoms with Crippen LogP contribution in [0.25, 0.3) is 0 Å². The summed E-state index contributed by atoms with van der Waals surface area (Å²) < 4.78 is 0. The van der Waals surface area contributed by atoms with E-state index in [4.69, 9.17) is 5.11 Å². The lowest BCUT2D eigenvalue weighted by atomic mass is 10.3. The number of aliphatic carboxylic acids is 1. The zero-order valence-corrected chi connectivity index (χ0v) is 10.3. The minimum Gasteiger partial charge on any atom is -0.480 e. The Bertz CT molecular complexity index is 425. The number of carboxylic acids is 1. The van der Waals surface area contributed by atoms with Gasteiger partial charge in [-0.05, 0) is 13.0 Å². The number of carbonyl (C=O) groups is 2. The number of nitrogens with zero attached hydrogens (tertiary/aromatic N) is 2. The second-order valence-corrected chi connectivity index (χ2v) is 4.44. The van der Waals surface area contributed by atoms with Gasteiger partial charge < -0.3 is 10.4 Å². The summed E-state index contributed by atoms with van der Waals surface area (Å²) >= 11 is 1.27. The van der Waals surface area contributed by atoms with Crippen LogP contribution in [0.1, 0.15) is 12.6 Å². The highest BCUT2D eigenvalue weighted by molar-refractivity contribution is 7.99. The molecule has 0 saturated carbocycles. The van der Waals surface area contributed by atoms with E-state index in [1.165, 1.54) is 25.0 Å². The minimum absolute atomic E-state index is 0.228. The summed E-state index contributed by atoms with van der Waals surface area (Å²) in [6.07, 6.45) is 1.42. The van der Waals surface area contributed by atoms with Crippen LogP contribution >= 0.6 is 11.8 Å². The van der Waals surface area contributed by atoms with Crippen LogP contribution in [0.15, 0.2) is 17.4 Å². The second kappa shape index (κ2) is 6.19. The maximum atomic E-state index is 10.9. The van der Waals surface area contributed by atoms with Crippen LogP contribution in [0.4, 0.5) is 0 Å². The van der Waals surface area contributed by atoms with Gasteiger partial charge in [-0.25, -0.2) is 14.8 Å². The fraction of sp³-hybridized carbons (Fsp3) is 0.400. The maximum absolute atomic E-state index is 10.9. The molecule has 1 amide bonds. The fourth-order valence-electron chi connectivity index (χ4n) is 1.10. The molecular weight excluding hydrogens is 242 g/mol. The number of hydrogen-bond donors (Lipinski definition) is 2. The molecule has 0 spiro atoms. The van der Waals surface area contributed by atoms with Crippen molar-refractivity contribution in [3.05, 3.63) is 18.1 Å². The van der Waals surface area contributed by atoms with Crippen molar-refractivity contribution < 1.29 is 14.7 Å². The molecule has 1 rings (SSSR count). The SMILES string of the molecule is CC(=O)NC(CSc1cc(C)ncn1)C(=O)O. The Hall–Kier alpha value is -1.63. The zero-order chi connectivity index (χ0) is 12.8. The summed E-state index contributed by atoms with van der Waals surface area (Å²) in [4.78, 5) is 29.6. The van der Waals surface area contributed by atoms with Gasteiger partial charge in [0.2, 0.25) is 5.91 Å². The molecule has 2 N–H and O–H groups in total. The molecule has 0 saturated heterocycles. The van der Waals surface area contributed by atoms with Gasteiger partial charge in [0.25, 0.3) is 0 Å². The topological polar surface area (TPSA) is 92.2 Å². The fourth-order valence-corrected chi connectivity index (χ4v) is 2.04. The lowest BCUT2D eigenvalue weighted by Crippen LogP contribution is -2.41. The highest BCUT2D eigenvalue weighted by Gasteiger charge is 2.18. The first-order chi connectivity index (χ1) is 7.99. The number of nitrogens with one attached hydrogen (secondary N) is 1. The van der Waals surface area contributed by atoms with E-state index in [1.54, 1.807) is 6.07 Å². The molecule has 7 heteroatoms. The first-order valence-corrected chi connectivity index (χ1v) is 5.89. The summed E-state index contributed by atoms with van der Waals surface area (Å²) in [5.74, 6) is -1.19. The van der Waals surface area contributed by atoms with Gasteiger partial charge in [0.15, 0.2) is 0 Å². The van der Waals surface area contributed by atoms with Crippen molar-refractivity contribution in [2.24, 2.45) is 0 Å². The Kier molecular flexibility index (Phi) is 4.89. The molecule has 1 atom stereocenters. The van der Waals surface area contributed by atoms with Crippen LogP contribution in [0.5, 0.6) is 0 Å². The number of carbonyl (C=O) groups excluding carboxylic acids is 1. The van der Waals surface area contributed by atoms with Gasteiger partial charge in [-0.1, -0.05) is 0 Å². The number of carboxylic acid groups (broad SMARTS) is 1. The van der Waals surface area contributed by atoms with Crippen molar-refractivity contribution in [1.82, 2.24) is 15.3 Å². The molecule has 0 aliphatic rings. The number of thioether (sulfide) groups is 1. The summed E-state index contributed by atoms with van der Waals surface area (Å²) in [5.41, 5.74) is 0.814. The standard InChI is InChI=1S/C10H13N3O3S/c1-6-3-9(12-5-11-6)17-4-8(10(15)16)13-7(2)14/h3,5,8H,4H2,1-2H3,(H,13,14)(H,15,16). The van der Waals surface area contributed by atoms with Crippen molar-refractivity contribution in [1.29, 1.82) is 0 Å². The minimum atomic E-state index is -1.06. The molecule has 1 heterocycles. The van der Waals surface area contributed by atoms with E-state index < -0.39 is 12.0 Å². The van der Waals surface area contributed by atoms with Crippen LogP contribution in [0.2, 0.25) is 0 Å². The smallest absolute Gasteiger partial charge is 0.327 e. The number of rotatable bonds is 5. The van der Waals surface area contributed by atoms with Crippen molar-refractivity contribution in [3.8, 4) is 0 Å². The maximum Gasteiger partial charge on any atom is 0.327 e. The molecule has 0 aromatic carbocycles. The van der Waals surface area contributed by atoms with Gasteiger partial charge in [0.05, 0.1) is 5.03 Å². The Morgan fingerprint density at radius 1 is 1.53 bits per heavy atom. The van der Waals surface area contributed by atoms with E-state index in [0.29, 0.717) is 5.03 Å². The quantitative estimate of drug-likeness (QED) is 0.587. The average molecular weight is 255 g/mol. The average Bonchev–Trinajstić information content (AvgIpc) is 2.23. The predicted octanol–water partition coefficient (Wildman–Crippen LogP) is 0.466. The molecule has 1 unspecified atom stereocenters. The number of hydrogen-bond acceptors (Lipinski definition) is 5. The lowest BCUT2D eigenvalue weighted by molar-refractivity contribution is -0.140. The summed E-state index contributed by atoms with van der Waals surface area (Å²) in [5, 5.41) is 11.9. The first kappa shape index (κ1) is 13.4. The molecule has 6 nitrogen and oxygen atoms in total. The van der Waals surface area contributed by atoms with Crippen molar-refractivity contribution >= 4 is 23.6 Å². The Morgan fingerprint density at radius 3 is 2.76 bits per heavy atom. The molecule has 0 aliphatic heterocycles. The van der Waals surface area contributed by atoms with Crippen LogP contribution in [-0.4, -0.2) is 38.7 Å². The largest absolute Gasteiger partial charge is 0.480 e. The van der Waals surface area contributed by atoms with Gasteiger partial charge >= 0.3 is 5.97 Å². The zero-order valence-electron chi connectivity index (χ0n) is 9.51. The van der Waals surface area contributed by atoms with Gasteiger partial charge in [0.1, 0.15) is 12.4 Å². The Morgan fingerprint density at radius 2 is 2.24 bits per heavy atom. The van der Waals surface area contributed by atoms with E-state index >= 15 is 0 Å². The van der Waals surface area contributed by atoms with Gasteiger partial charge in [-0.2, -0.15) is 0 Å². The summed E-state index contributed by atoms with van der Waals surface area (Å²) in [6.45, 7) is 3.11. The second-order valence-electron chi connectivity index (χ2n) is 3.40. The molecular formula is C10H13N3O3S. The van der Waals surface area contributed by atoms with Crippen LogP contribution in [0.3, 0.4) is 0 Å². The van der Waals surface area contributed by atoms with Crippen molar-refractivity contribution in [2.75, 3.05) is 5.75 Å². The Balaban J connectivity index is 2.57. The summed E-state index contributed by atoms with van der Waals surface area (Å²) in [6, 6.07) is 0.852. The number of amides is 1. The van der Waals surface area contributed by atoms with E-state index in [2.05, 4.69) is 15.3 Å². The van der Waals surface area contributed by atoms with E-state index in [1.807, 2.05) is 6.92 Å². The highest BCUT2D eigenvalue weighted by atomic mass is 32.2. The molecule has 1 aromatic heterocycles. The van der Waals surface area contributed by atoms with Gasteiger partial charge in [0, 0.05) is 18.4 Å². The van der Waals surface area contributed by atoms with Crippen molar-refractivity contribution in [3.63, 3.8) is 0 Å². The van der Waals surface area contributed by atoms with Crippen LogP contribution in [-0.2, 0) is 9.59 Å². The van der Waals surface area contributed by atoms with E-state index in [0.717, 1.165) is 5.69 Å². The predicted molar refractivity (Wildman–Crippen MR) is 62.7 cm³/mol. The highest BCUT2D eigenvalue weighted by Crippen LogP contribution is 2.16. The first-order valence-electron chi connectivity index (χ1n) is 4.90. The lowest BCUT2D eigenvalue weighted by Gasteiger charge is -2.12. The van der Waals surface area contributed by atoms with Gasteiger partial charge in [-0.15, -0.1) is 11.8 Å². The molecule has 17 heavy (non-hydrogen) atoms. The van der Waals surface area contributed by atoms with E-state index in [-0.39, 0.29) is 11.7 Å². The number of aryl methyl sites for hydroxylation is 1. The monoisotopic (exact) mass is 255 g/mol. The van der Waals surface area contributed by atoms with Crippen LogP contribution < -0.4 is 5.32 Å². The van der Waals surface area contributed by atoms with E-state index in [9.17, 15) is 9.59 Å². The molecule has 92 valence electrons. The summed E-state index contributed by atoms with van der Waals surface area (Å²) in [7, 11) is 0. The molecule has 0 fully saturated rings. The van der Waals surface area contributed by atoms with Crippen LogP contribution in [0, 0.1) is 6.92 Å². The third kappa shape index (κ3) is 4.81. The Labute approximate surface area is 103 Å². The number of aromatic nitrogens is 2. The molecule has 1 aromatic rings. The molecule has 0 aliphatic carbocycles. The van der Waals surface area contributed by atoms with Crippen molar-refractivity contribution in [2.45, 2.75) is 24.9 Å². The third-order valence-corrected chi connectivity index (χ3v) is 2.87. The normalized spacial score (nSPS) is 11.9. The third-order valence-electron chi connectivity index (χ3n) is 1.85. The molecule has 0 radical (unpaired) electrons. The molecule has 0 bridgehead atoms.